The van der Waals surface area contributed by atoms with Gasteiger partial charge in [-0.1, -0.05) is 20.3 Å². The van der Waals surface area contributed by atoms with Gasteiger partial charge in [-0.3, -0.25) is 4.90 Å². The molecule has 2 N–H and O–H groups in total. The highest BCUT2D eigenvalue weighted by Crippen LogP contribution is 2.33. The lowest BCUT2D eigenvalue weighted by Gasteiger charge is -2.47. The zero-order valence-electron chi connectivity index (χ0n) is 12.0. The van der Waals surface area contributed by atoms with E-state index in [-0.39, 0.29) is 11.0 Å². The molecule has 0 aromatic heterocycles. The number of hydrogen-bond donors (Lipinski definition) is 1. The Morgan fingerprint density at radius 2 is 1.50 bits per heavy atom. The minimum atomic E-state index is -0.121. The SMILES string of the molecule is CC1CCCC(C)N1CC(C)(C)C(C)(C)N. The summed E-state index contributed by atoms with van der Waals surface area (Å²) in [4.78, 5) is 2.65. The van der Waals surface area contributed by atoms with E-state index in [0.29, 0.717) is 12.1 Å². The van der Waals surface area contributed by atoms with Crippen molar-refractivity contribution in [2.45, 2.75) is 78.4 Å². The highest BCUT2D eigenvalue weighted by molar-refractivity contribution is 4.94. The Bertz CT molecular complexity index is 217. The van der Waals surface area contributed by atoms with Crippen LogP contribution < -0.4 is 5.73 Å². The predicted molar refractivity (Wildman–Crippen MR) is 71.5 cm³/mol. The molecule has 0 spiro atoms. The molecule has 16 heavy (non-hydrogen) atoms. The van der Waals surface area contributed by atoms with Crippen molar-refractivity contribution in [3.8, 4) is 0 Å². The lowest BCUT2D eigenvalue weighted by Crippen LogP contribution is -2.56. The summed E-state index contributed by atoms with van der Waals surface area (Å²) in [5.74, 6) is 0. The first-order valence-corrected chi connectivity index (χ1v) is 6.70. The standard InChI is InChI=1S/C14H30N2/c1-11-8-7-9-12(2)16(11)10-13(3,4)14(5,6)15/h11-12H,7-10,15H2,1-6H3. The second kappa shape index (κ2) is 4.66. The van der Waals surface area contributed by atoms with Crippen LogP contribution in [0.4, 0.5) is 0 Å². The molecule has 2 heteroatoms. The van der Waals surface area contributed by atoms with Crippen LogP contribution in [0.2, 0.25) is 0 Å². The van der Waals surface area contributed by atoms with E-state index in [1.807, 2.05) is 0 Å². The fraction of sp³-hybridized carbons (Fsp3) is 1.00. The van der Waals surface area contributed by atoms with Gasteiger partial charge in [0.25, 0.3) is 0 Å². The molecule has 2 atom stereocenters. The molecule has 1 fully saturated rings. The summed E-state index contributed by atoms with van der Waals surface area (Å²) in [5.41, 5.74) is 6.33. The molecule has 0 aromatic carbocycles. The molecule has 0 amide bonds. The topological polar surface area (TPSA) is 29.3 Å². The Kier molecular flexibility index (Phi) is 4.07. The van der Waals surface area contributed by atoms with E-state index < -0.39 is 0 Å². The molecule has 0 bridgehead atoms. The Hall–Kier alpha value is -0.0800. The van der Waals surface area contributed by atoms with E-state index in [0.717, 1.165) is 6.54 Å². The lowest BCUT2D eigenvalue weighted by atomic mass is 9.74. The third-order valence-electron chi connectivity index (χ3n) is 4.70. The van der Waals surface area contributed by atoms with Crippen LogP contribution in [0.1, 0.15) is 60.8 Å². The van der Waals surface area contributed by atoms with Crippen LogP contribution in [0.3, 0.4) is 0 Å². The van der Waals surface area contributed by atoms with Crippen molar-refractivity contribution >= 4 is 0 Å². The fourth-order valence-corrected chi connectivity index (χ4v) is 2.45. The second-order valence-corrected chi connectivity index (χ2v) is 6.91. The van der Waals surface area contributed by atoms with Crippen LogP contribution in [0, 0.1) is 5.41 Å². The van der Waals surface area contributed by atoms with Crippen molar-refractivity contribution in [1.29, 1.82) is 0 Å². The number of rotatable bonds is 3. The lowest BCUT2D eigenvalue weighted by molar-refractivity contribution is 0.0343. The van der Waals surface area contributed by atoms with Gasteiger partial charge in [-0.15, -0.1) is 0 Å². The van der Waals surface area contributed by atoms with Gasteiger partial charge in [0, 0.05) is 24.2 Å². The van der Waals surface area contributed by atoms with Gasteiger partial charge < -0.3 is 5.73 Å². The van der Waals surface area contributed by atoms with E-state index in [2.05, 4.69) is 46.4 Å². The van der Waals surface area contributed by atoms with Gasteiger partial charge in [0.15, 0.2) is 0 Å². The number of nitrogens with zero attached hydrogens (tertiary/aromatic N) is 1. The first-order chi connectivity index (χ1) is 7.15. The van der Waals surface area contributed by atoms with Gasteiger partial charge in [0.05, 0.1) is 0 Å². The second-order valence-electron chi connectivity index (χ2n) is 6.91. The van der Waals surface area contributed by atoms with Crippen LogP contribution in [-0.4, -0.2) is 29.1 Å². The maximum Gasteiger partial charge on any atom is 0.0161 e. The maximum atomic E-state index is 6.29. The number of piperidine rings is 1. The normalized spacial score (nSPS) is 29.4. The highest BCUT2D eigenvalue weighted by atomic mass is 15.2. The molecule has 96 valence electrons. The minimum Gasteiger partial charge on any atom is -0.325 e. The van der Waals surface area contributed by atoms with Gasteiger partial charge in [-0.2, -0.15) is 0 Å². The van der Waals surface area contributed by atoms with Gasteiger partial charge in [-0.25, -0.2) is 0 Å². The predicted octanol–water partition coefficient (Wildman–Crippen LogP) is 3.01. The molecule has 1 heterocycles. The van der Waals surface area contributed by atoms with E-state index in [9.17, 15) is 0 Å². The smallest absolute Gasteiger partial charge is 0.0161 e. The van der Waals surface area contributed by atoms with Crippen molar-refractivity contribution in [2.24, 2.45) is 11.1 Å². The number of likely N-dealkylation sites (tertiary alicyclic amines) is 1. The molecule has 0 aromatic rings. The van der Waals surface area contributed by atoms with E-state index in [1.54, 1.807) is 0 Å². The van der Waals surface area contributed by atoms with Crippen molar-refractivity contribution < 1.29 is 0 Å². The molecule has 1 aliphatic heterocycles. The Balaban J connectivity index is 2.71. The summed E-state index contributed by atoms with van der Waals surface area (Å²) >= 11 is 0. The quantitative estimate of drug-likeness (QED) is 0.801. The van der Waals surface area contributed by atoms with Crippen LogP contribution in [0.15, 0.2) is 0 Å². The summed E-state index contributed by atoms with van der Waals surface area (Å²) in [5, 5.41) is 0. The van der Waals surface area contributed by atoms with Crippen LogP contribution >= 0.6 is 0 Å². The molecule has 2 nitrogen and oxygen atoms in total. The molecule has 1 saturated heterocycles. The van der Waals surface area contributed by atoms with E-state index >= 15 is 0 Å². The summed E-state index contributed by atoms with van der Waals surface area (Å²) in [6.07, 6.45) is 4.06. The van der Waals surface area contributed by atoms with Crippen LogP contribution in [0.5, 0.6) is 0 Å². The van der Waals surface area contributed by atoms with Gasteiger partial charge in [0.1, 0.15) is 0 Å². The third kappa shape index (κ3) is 2.98. The highest BCUT2D eigenvalue weighted by Gasteiger charge is 2.38. The summed E-state index contributed by atoms with van der Waals surface area (Å²) < 4.78 is 0. The Morgan fingerprint density at radius 1 is 1.06 bits per heavy atom. The zero-order chi connectivity index (χ0) is 12.6. The molecule has 0 aliphatic carbocycles. The van der Waals surface area contributed by atoms with Gasteiger partial charge >= 0.3 is 0 Å². The number of nitrogens with two attached hydrogens (primary N) is 1. The van der Waals surface area contributed by atoms with Crippen LogP contribution in [0.25, 0.3) is 0 Å². The summed E-state index contributed by atoms with van der Waals surface area (Å²) in [6.45, 7) is 14.7. The fourth-order valence-electron chi connectivity index (χ4n) is 2.45. The average Bonchev–Trinajstić information content (AvgIpc) is 2.10. The molecular weight excluding hydrogens is 196 g/mol. The minimum absolute atomic E-state index is 0.121. The first-order valence-electron chi connectivity index (χ1n) is 6.70. The monoisotopic (exact) mass is 226 g/mol. The average molecular weight is 226 g/mol. The molecule has 2 unspecified atom stereocenters. The summed E-state index contributed by atoms with van der Waals surface area (Å²) in [7, 11) is 0. The van der Waals surface area contributed by atoms with Crippen molar-refractivity contribution in [3.63, 3.8) is 0 Å². The molecule has 0 saturated carbocycles. The maximum absolute atomic E-state index is 6.29. The van der Waals surface area contributed by atoms with Gasteiger partial charge in [-0.05, 0) is 46.0 Å². The Morgan fingerprint density at radius 3 is 1.88 bits per heavy atom. The molecule has 0 radical (unpaired) electrons. The summed E-state index contributed by atoms with van der Waals surface area (Å²) in [6, 6.07) is 1.43. The van der Waals surface area contributed by atoms with Gasteiger partial charge in [0.2, 0.25) is 0 Å². The largest absolute Gasteiger partial charge is 0.325 e. The van der Waals surface area contributed by atoms with E-state index in [1.165, 1.54) is 19.3 Å². The molecule has 1 aliphatic rings. The third-order valence-corrected chi connectivity index (χ3v) is 4.70. The van der Waals surface area contributed by atoms with Crippen molar-refractivity contribution in [3.05, 3.63) is 0 Å². The first kappa shape index (κ1) is 14.0. The Labute approximate surface area is 102 Å². The zero-order valence-corrected chi connectivity index (χ0v) is 12.0. The van der Waals surface area contributed by atoms with E-state index in [4.69, 9.17) is 5.73 Å². The van der Waals surface area contributed by atoms with Crippen molar-refractivity contribution in [2.75, 3.05) is 6.54 Å². The van der Waals surface area contributed by atoms with Crippen LogP contribution in [-0.2, 0) is 0 Å². The molecule has 1 rings (SSSR count). The van der Waals surface area contributed by atoms with Crippen molar-refractivity contribution in [1.82, 2.24) is 4.90 Å². The number of hydrogen-bond acceptors (Lipinski definition) is 2. The molecular formula is C14H30N2.